The molecule has 0 aliphatic rings. The molecule has 6 heteroatoms. The van der Waals surface area contributed by atoms with Crippen LogP contribution in [0.5, 0.6) is 5.75 Å². The number of likely N-dealkylation sites (N-methyl/N-ethyl adjacent to an activating group) is 1. The van der Waals surface area contributed by atoms with Gasteiger partial charge in [-0.25, -0.2) is 4.39 Å². The summed E-state index contributed by atoms with van der Waals surface area (Å²) in [5.41, 5.74) is 2.43. The van der Waals surface area contributed by atoms with E-state index in [0.717, 1.165) is 16.9 Å². The maximum absolute atomic E-state index is 14.5. The number of hydrogen-bond acceptors (Lipinski definition) is 3. The first-order valence-electron chi connectivity index (χ1n) is 11.5. The van der Waals surface area contributed by atoms with Crippen LogP contribution in [0.2, 0.25) is 0 Å². The van der Waals surface area contributed by atoms with Crippen LogP contribution in [-0.4, -0.2) is 36.4 Å². The molecule has 0 radical (unpaired) electrons. The molecule has 0 heterocycles. The molecule has 3 aromatic rings. The molecule has 0 aliphatic carbocycles. The molecule has 3 aromatic carbocycles. The van der Waals surface area contributed by atoms with Gasteiger partial charge in [-0.3, -0.25) is 9.59 Å². The maximum Gasteiger partial charge on any atom is 0.242 e. The van der Waals surface area contributed by atoms with Crippen LogP contribution in [-0.2, 0) is 22.6 Å². The highest BCUT2D eigenvalue weighted by atomic mass is 19.1. The van der Waals surface area contributed by atoms with Crippen molar-refractivity contribution >= 4 is 11.8 Å². The standard InChI is InChI=1S/C28H31FN2O3/c1-21-14-16-24(17-15-21)34-18-8-13-27(32)31(20-23-11-6-7-12-25(23)29)26(28(33)30-2)19-22-9-4-3-5-10-22/h3-7,9-12,14-17,26H,8,13,18-20H2,1-2H3,(H,30,33)/t26-/m0/s1. The molecular weight excluding hydrogens is 431 g/mol. The Morgan fingerprint density at radius 3 is 2.32 bits per heavy atom. The molecule has 0 saturated heterocycles. The maximum atomic E-state index is 14.5. The van der Waals surface area contributed by atoms with Gasteiger partial charge in [-0.1, -0.05) is 66.2 Å². The number of amides is 2. The van der Waals surface area contributed by atoms with E-state index in [-0.39, 0.29) is 24.8 Å². The summed E-state index contributed by atoms with van der Waals surface area (Å²) in [4.78, 5) is 27.7. The molecule has 0 spiro atoms. The second-order valence-electron chi connectivity index (χ2n) is 8.20. The quantitative estimate of drug-likeness (QED) is 0.421. The number of aryl methyl sites for hydroxylation is 1. The number of nitrogens with one attached hydrogen (secondary N) is 1. The summed E-state index contributed by atoms with van der Waals surface area (Å²) in [6.45, 7) is 2.38. The van der Waals surface area contributed by atoms with Gasteiger partial charge in [0.05, 0.1) is 6.61 Å². The second kappa shape index (κ2) is 12.5. The molecule has 1 N–H and O–H groups in total. The summed E-state index contributed by atoms with van der Waals surface area (Å²) in [5.74, 6) is -0.170. The molecule has 0 aromatic heterocycles. The Kier molecular flexibility index (Phi) is 9.21. The van der Waals surface area contributed by atoms with Gasteiger partial charge >= 0.3 is 0 Å². The predicted octanol–water partition coefficient (Wildman–Crippen LogP) is 4.68. The molecule has 0 unspecified atom stereocenters. The van der Waals surface area contributed by atoms with Crippen LogP contribution in [0.4, 0.5) is 4.39 Å². The lowest BCUT2D eigenvalue weighted by atomic mass is 10.0. The second-order valence-corrected chi connectivity index (χ2v) is 8.20. The van der Waals surface area contributed by atoms with Gasteiger partial charge in [0, 0.05) is 32.0 Å². The Morgan fingerprint density at radius 1 is 0.971 bits per heavy atom. The molecule has 178 valence electrons. The van der Waals surface area contributed by atoms with Crippen LogP contribution in [0.1, 0.15) is 29.5 Å². The smallest absolute Gasteiger partial charge is 0.242 e. The molecule has 0 fully saturated rings. The molecule has 5 nitrogen and oxygen atoms in total. The first-order valence-corrected chi connectivity index (χ1v) is 11.5. The molecule has 34 heavy (non-hydrogen) atoms. The molecule has 0 bridgehead atoms. The van der Waals surface area contributed by atoms with Crippen LogP contribution in [0.25, 0.3) is 0 Å². The minimum atomic E-state index is -0.766. The fourth-order valence-electron chi connectivity index (χ4n) is 3.72. The molecule has 3 rings (SSSR count). The number of nitrogens with zero attached hydrogens (tertiary/aromatic N) is 1. The first-order chi connectivity index (χ1) is 16.5. The van der Waals surface area contributed by atoms with E-state index >= 15 is 0 Å². The number of benzene rings is 3. The van der Waals surface area contributed by atoms with Crippen molar-refractivity contribution in [3.05, 3.63) is 101 Å². The van der Waals surface area contributed by atoms with Crippen molar-refractivity contribution in [3.63, 3.8) is 0 Å². The van der Waals surface area contributed by atoms with Crippen LogP contribution in [0.3, 0.4) is 0 Å². The van der Waals surface area contributed by atoms with Crippen LogP contribution < -0.4 is 10.1 Å². The van der Waals surface area contributed by atoms with Crippen LogP contribution in [0.15, 0.2) is 78.9 Å². The Labute approximate surface area is 200 Å². The number of rotatable bonds is 11. The van der Waals surface area contributed by atoms with Gasteiger partial charge in [-0.05, 0) is 37.1 Å². The van der Waals surface area contributed by atoms with Crippen molar-refractivity contribution < 1.29 is 18.7 Å². The average Bonchev–Trinajstić information content (AvgIpc) is 2.86. The van der Waals surface area contributed by atoms with Gasteiger partial charge in [0.25, 0.3) is 0 Å². The summed E-state index contributed by atoms with van der Waals surface area (Å²) in [5, 5.41) is 2.66. The lowest BCUT2D eigenvalue weighted by Crippen LogP contribution is -2.49. The van der Waals surface area contributed by atoms with Crippen molar-refractivity contribution in [2.45, 2.75) is 38.8 Å². The van der Waals surface area contributed by atoms with E-state index in [9.17, 15) is 14.0 Å². The summed E-state index contributed by atoms with van der Waals surface area (Å²) >= 11 is 0. The highest BCUT2D eigenvalue weighted by molar-refractivity contribution is 5.87. The monoisotopic (exact) mass is 462 g/mol. The van der Waals surface area contributed by atoms with Gasteiger partial charge in [-0.2, -0.15) is 0 Å². The lowest BCUT2D eigenvalue weighted by molar-refractivity contribution is -0.141. The molecule has 2 amide bonds. The number of ether oxygens (including phenoxy) is 1. The molecule has 0 aliphatic heterocycles. The molecule has 0 saturated carbocycles. The van der Waals surface area contributed by atoms with Crippen molar-refractivity contribution in [3.8, 4) is 5.75 Å². The van der Waals surface area contributed by atoms with Crippen molar-refractivity contribution in [1.29, 1.82) is 0 Å². The number of carbonyl (C=O) groups is 2. The Bertz CT molecular complexity index is 1070. The minimum Gasteiger partial charge on any atom is -0.494 e. The summed E-state index contributed by atoms with van der Waals surface area (Å²) in [7, 11) is 1.54. The fourth-order valence-corrected chi connectivity index (χ4v) is 3.72. The summed E-state index contributed by atoms with van der Waals surface area (Å²) in [6, 6.07) is 22.8. The van der Waals surface area contributed by atoms with E-state index < -0.39 is 11.9 Å². The Morgan fingerprint density at radius 2 is 1.65 bits per heavy atom. The van der Waals surface area contributed by atoms with Gasteiger partial charge in [-0.15, -0.1) is 0 Å². The summed E-state index contributed by atoms with van der Waals surface area (Å²) < 4.78 is 20.2. The van der Waals surface area contributed by atoms with Crippen molar-refractivity contribution in [2.24, 2.45) is 0 Å². The van der Waals surface area contributed by atoms with E-state index in [1.807, 2.05) is 61.5 Å². The van der Waals surface area contributed by atoms with Gasteiger partial charge in [0.2, 0.25) is 11.8 Å². The van der Waals surface area contributed by atoms with Gasteiger partial charge < -0.3 is 15.0 Å². The Balaban J connectivity index is 1.75. The van der Waals surface area contributed by atoms with E-state index in [4.69, 9.17) is 4.74 Å². The lowest BCUT2D eigenvalue weighted by Gasteiger charge is -2.31. The third-order valence-corrected chi connectivity index (χ3v) is 5.64. The zero-order valence-corrected chi connectivity index (χ0v) is 19.7. The predicted molar refractivity (Wildman–Crippen MR) is 131 cm³/mol. The average molecular weight is 463 g/mol. The van der Waals surface area contributed by atoms with Crippen LogP contribution >= 0.6 is 0 Å². The fraction of sp³-hybridized carbons (Fsp3) is 0.286. The Hall–Kier alpha value is -3.67. The zero-order chi connectivity index (χ0) is 24.3. The summed E-state index contributed by atoms with van der Waals surface area (Å²) in [6.07, 6.45) is 0.995. The van der Waals surface area contributed by atoms with Gasteiger partial charge in [0.1, 0.15) is 17.6 Å². The zero-order valence-electron chi connectivity index (χ0n) is 19.7. The topological polar surface area (TPSA) is 58.6 Å². The largest absolute Gasteiger partial charge is 0.494 e. The SMILES string of the molecule is CNC(=O)[C@H](Cc1ccccc1)N(Cc1ccccc1F)C(=O)CCCOc1ccc(C)cc1. The van der Waals surface area contributed by atoms with Gasteiger partial charge in [0.15, 0.2) is 0 Å². The molecule has 1 atom stereocenters. The third-order valence-electron chi connectivity index (χ3n) is 5.64. The number of hydrogen-bond donors (Lipinski definition) is 1. The number of halogens is 1. The molecular formula is C28H31FN2O3. The highest BCUT2D eigenvalue weighted by Gasteiger charge is 2.30. The normalized spacial score (nSPS) is 11.5. The van der Waals surface area contributed by atoms with Crippen molar-refractivity contribution in [2.75, 3.05) is 13.7 Å². The highest BCUT2D eigenvalue weighted by Crippen LogP contribution is 2.18. The van der Waals surface area contributed by atoms with E-state index in [1.54, 1.807) is 25.2 Å². The van der Waals surface area contributed by atoms with Crippen LogP contribution in [0, 0.1) is 12.7 Å². The minimum absolute atomic E-state index is 0.00917. The van der Waals surface area contributed by atoms with E-state index in [1.165, 1.54) is 11.0 Å². The van der Waals surface area contributed by atoms with E-state index in [2.05, 4.69) is 5.32 Å². The number of carbonyl (C=O) groups excluding carboxylic acids is 2. The first kappa shape index (κ1) is 25.0. The van der Waals surface area contributed by atoms with E-state index in [0.29, 0.717) is 25.0 Å². The third kappa shape index (κ3) is 7.17. The van der Waals surface area contributed by atoms with Crippen molar-refractivity contribution in [1.82, 2.24) is 10.2 Å².